The maximum Gasteiger partial charge on any atom is 0.118 e. The Balaban J connectivity index is 2.41. The summed E-state index contributed by atoms with van der Waals surface area (Å²) in [4.78, 5) is 4.57. The predicted octanol–water partition coefficient (Wildman–Crippen LogP) is 4.46. The van der Waals surface area contributed by atoms with E-state index in [2.05, 4.69) is 44.5 Å². The average Bonchev–Trinajstić information content (AvgIpc) is 2.93. The highest BCUT2D eigenvalue weighted by Crippen LogP contribution is 2.30. The number of hydrogen-bond donors (Lipinski definition) is 0. The van der Waals surface area contributed by atoms with Gasteiger partial charge in [-0.15, -0.1) is 22.9 Å². The van der Waals surface area contributed by atoms with Crippen LogP contribution < -0.4 is 0 Å². The van der Waals surface area contributed by atoms with Gasteiger partial charge < -0.3 is 0 Å². The van der Waals surface area contributed by atoms with Gasteiger partial charge in [0.25, 0.3) is 0 Å². The summed E-state index contributed by atoms with van der Waals surface area (Å²) in [5, 5.41) is 7.69. The SMILES string of the molecule is CCC(c1nc(CCl)cs1)n1nc(C)c(Br)c1C. The van der Waals surface area contributed by atoms with Crippen LogP contribution in [0.3, 0.4) is 0 Å². The van der Waals surface area contributed by atoms with Gasteiger partial charge in [0, 0.05) is 5.38 Å². The van der Waals surface area contributed by atoms with Crippen molar-refractivity contribution in [2.45, 2.75) is 39.1 Å². The number of thiazole rings is 1. The van der Waals surface area contributed by atoms with E-state index in [-0.39, 0.29) is 6.04 Å². The molecule has 0 aliphatic carbocycles. The summed E-state index contributed by atoms with van der Waals surface area (Å²) < 4.78 is 3.13. The highest BCUT2D eigenvalue weighted by molar-refractivity contribution is 9.10. The second-order valence-electron chi connectivity index (χ2n) is 4.16. The topological polar surface area (TPSA) is 30.7 Å². The molecule has 0 spiro atoms. The molecule has 98 valence electrons. The van der Waals surface area contributed by atoms with Crippen molar-refractivity contribution in [2.75, 3.05) is 0 Å². The number of aromatic nitrogens is 3. The van der Waals surface area contributed by atoms with Crippen LogP contribution in [0.1, 0.15) is 41.5 Å². The minimum Gasteiger partial charge on any atom is -0.259 e. The van der Waals surface area contributed by atoms with E-state index in [1.807, 2.05) is 12.3 Å². The molecule has 2 aromatic heterocycles. The van der Waals surface area contributed by atoms with Crippen LogP contribution in [-0.4, -0.2) is 14.8 Å². The largest absolute Gasteiger partial charge is 0.259 e. The molecule has 2 aromatic rings. The zero-order chi connectivity index (χ0) is 13.3. The zero-order valence-corrected chi connectivity index (χ0v) is 13.7. The number of halogens is 2. The Kier molecular flexibility index (Phi) is 4.45. The lowest BCUT2D eigenvalue weighted by Gasteiger charge is -2.14. The molecule has 0 fully saturated rings. The Bertz CT molecular complexity index is 550. The van der Waals surface area contributed by atoms with Crippen LogP contribution in [0.15, 0.2) is 9.85 Å². The Hall–Kier alpha value is -0.390. The van der Waals surface area contributed by atoms with E-state index in [1.54, 1.807) is 11.3 Å². The second kappa shape index (κ2) is 5.72. The first-order chi connectivity index (χ1) is 8.58. The Morgan fingerprint density at radius 2 is 2.22 bits per heavy atom. The van der Waals surface area contributed by atoms with Gasteiger partial charge in [0.2, 0.25) is 0 Å². The lowest BCUT2D eigenvalue weighted by Crippen LogP contribution is -2.13. The summed E-state index contributed by atoms with van der Waals surface area (Å²) >= 11 is 11.0. The van der Waals surface area contributed by atoms with E-state index in [0.29, 0.717) is 5.88 Å². The zero-order valence-electron chi connectivity index (χ0n) is 10.6. The van der Waals surface area contributed by atoms with Gasteiger partial charge in [0.05, 0.1) is 27.4 Å². The molecule has 0 bridgehead atoms. The van der Waals surface area contributed by atoms with Crippen LogP contribution in [-0.2, 0) is 5.88 Å². The Morgan fingerprint density at radius 1 is 1.50 bits per heavy atom. The first-order valence-corrected chi connectivity index (χ1v) is 8.00. The van der Waals surface area contributed by atoms with Gasteiger partial charge in [0.15, 0.2) is 0 Å². The summed E-state index contributed by atoms with van der Waals surface area (Å²) in [6, 6.07) is 0.192. The van der Waals surface area contributed by atoms with Gasteiger partial charge in [-0.05, 0) is 36.2 Å². The van der Waals surface area contributed by atoms with E-state index in [0.717, 1.165) is 33.0 Å². The minimum atomic E-state index is 0.192. The van der Waals surface area contributed by atoms with Gasteiger partial charge in [-0.2, -0.15) is 5.10 Å². The van der Waals surface area contributed by atoms with Crippen molar-refractivity contribution in [3.8, 4) is 0 Å². The number of nitrogens with zero attached hydrogens (tertiary/aromatic N) is 3. The molecule has 2 rings (SSSR count). The van der Waals surface area contributed by atoms with Crippen LogP contribution in [0, 0.1) is 13.8 Å². The van der Waals surface area contributed by atoms with E-state index < -0.39 is 0 Å². The van der Waals surface area contributed by atoms with E-state index in [4.69, 9.17) is 11.6 Å². The molecule has 0 amide bonds. The van der Waals surface area contributed by atoms with Gasteiger partial charge in [0.1, 0.15) is 11.0 Å². The number of hydrogen-bond acceptors (Lipinski definition) is 3. The molecule has 0 saturated carbocycles. The maximum absolute atomic E-state index is 5.81. The quantitative estimate of drug-likeness (QED) is 0.764. The maximum atomic E-state index is 5.81. The molecular weight excluding hydrogens is 334 g/mol. The average molecular weight is 349 g/mol. The lowest BCUT2D eigenvalue weighted by atomic mass is 10.2. The normalized spacial score (nSPS) is 12.9. The number of alkyl halides is 1. The third kappa shape index (κ3) is 2.49. The summed E-state index contributed by atoms with van der Waals surface area (Å²) in [6.07, 6.45) is 0.962. The molecule has 0 N–H and O–H groups in total. The monoisotopic (exact) mass is 347 g/mol. The number of aryl methyl sites for hydroxylation is 1. The van der Waals surface area contributed by atoms with Crippen molar-refractivity contribution in [2.24, 2.45) is 0 Å². The highest BCUT2D eigenvalue weighted by Gasteiger charge is 2.20. The van der Waals surface area contributed by atoms with E-state index >= 15 is 0 Å². The third-order valence-corrected chi connectivity index (χ3v) is 5.33. The van der Waals surface area contributed by atoms with Gasteiger partial charge in [-0.1, -0.05) is 6.92 Å². The van der Waals surface area contributed by atoms with Crippen molar-refractivity contribution in [1.29, 1.82) is 0 Å². The Labute approximate surface area is 124 Å². The fourth-order valence-electron chi connectivity index (χ4n) is 1.94. The fourth-order valence-corrected chi connectivity index (χ4v) is 3.41. The molecule has 0 saturated heterocycles. The summed E-state index contributed by atoms with van der Waals surface area (Å²) in [6.45, 7) is 6.23. The molecule has 3 nitrogen and oxygen atoms in total. The predicted molar refractivity (Wildman–Crippen MR) is 79.5 cm³/mol. The Morgan fingerprint density at radius 3 is 2.67 bits per heavy atom. The highest BCUT2D eigenvalue weighted by atomic mass is 79.9. The third-order valence-electron chi connectivity index (χ3n) is 2.91. The van der Waals surface area contributed by atoms with Crippen molar-refractivity contribution >= 4 is 38.9 Å². The van der Waals surface area contributed by atoms with Gasteiger partial charge in [-0.3, -0.25) is 4.68 Å². The van der Waals surface area contributed by atoms with Crippen LogP contribution in [0.4, 0.5) is 0 Å². The molecular formula is C12H15BrClN3S. The summed E-state index contributed by atoms with van der Waals surface area (Å²) in [7, 11) is 0. The van der Waals surface area contributed by atoms with Crippen LogP contribution >= 0.6 is 38.9 Å². The molecule has 18 heavy (non-hydrogen) atoms. The standard InChI is InChI=1S/C12H15BrClN3S/c1-4-10(12-15-9(5-14)6-18-12)17-8(3)11(13)7(2)16-17/h6,10H,4-5H2,1-3H3. The molecule has 0 aromatic carbocycles. The molecule has 6 heteroatoms. The molecule has 0 aliphatic rings. The molecule has 0 radical (unpaired) electrons. The molecule has 1 atom stereocenters. The number of rotatable bonds is 4. The van der Waals surface area contributed by atoms with Crippen molar-refractivity contribution in [3.05, 3.63) is 31.9 Å². The fraction of sp³-hybridized carbons (Fsp3) is 0.500. The minimum absolute atomic E-state index is 0.192. The molecule has 0 aliphatic heterocycles. The van der Waals surface area contributed by atoms with Gasteiger partial charge >= 0.3 is 0 Å². The van der Waals surface area contributed by atoms with Gasteiger partial charge in [-0.25, -0.2) is 4.98 Å². The first kappa shape index (κ1) is 14.0. The smallest absolute Gasteiger partial charge is 0.118 e. The second-order valence-corrected chi connectivity index (χ2v) is 6.11. The van der Waals surface area contributed by atoms with E-state index in [1.165, 1.54) is 0 Å². The summed E-state index contributed by atoms with van der Waals surface area (Å²) in [5.41, 5.74) is 3.10. The van der Waals surface area contributed by atoms with Crippen molar-refractivity contribution in [3.63, 3.8) is 0 Å². The van der Waals surface area contributed by atoms with Crippen molar-refractivity contribution < 1.29 is 0 Å². The van der Waals surface area contributed by atoms with Crippen LogP contribution in [0.25, 0.3) is 0 Å². The van der Waals surface area contributed by atoms with Crippen LogP contribution in [0.5, 0.6) is 0 Å². The molecule has 1 unspecified atom stereocenters. The van der Waals surface area contributed by atoms with E-state index in [9.17, 15) is 0 Å². The summed E-state index contributed by atoms with van der Waals surface area (Å²) in [5.74, 6) is 0.466. The van der Waals surface area contributed by atoms with Crippen LogP contribution in [0.2, 0.25) is 0 Å². The van der Waals surface area contributed by atoms with Crippen molar-refractivity contribution in [1.82, 2.24) is 14.8 Å². The first-order valence-electron chi connectivity index (χ1n) is 5.79. The molecule has 2 heterocycles. The lowest BCUT2D eigenvalue weighted by molar-refractivity contribution is 0.492.